The highest BCUT2D eigenvalue weighted by Gasteiger charge is 2.21. The highest BCUT2D eigenvalue weighted by molar-refractivity contribution is 5.60. The fourth-order valence-corrected chi connectivity index (χ4v) is 3.50. The molecule has 2 aromatic heterocycles. The number of piperazine rings is 1. The maximum absolute atomic E-state index is 6.14. The van der Waals surface area contributed by atoms with Crippen molar-refractivity contribution in [3.05, 3.63) is 36.5 Å². The van der Waals surface area contributed by atoms with Gasteiger partial charge >= 0.3 is 0 Å². The number of aromatic nitrogens is 2. The zero-order chi connectivity index (χ0) is 16.4. The van der Waals surface area contributed by atoms with Crippen LogP contribution >= 0.6 is 0 Å². The van der Waals surface area contributed by atoms with Crippen LogP contribution in [0.25, 0.3) is 0 Å². The summed E-state index contributed by atoms with van der Waals surface area (Å²) in [6.45, 7) is 5.95. The third-order valence-corrected chi connectivity index (χ3v) is 4.83. The standard InChI is InChI=1S/C18H24N6/c19-15-13-17(22-7-3-4-8-22)21-18(14-15)24-11-9-23(10-12-24)16-5-1-2-6-20-16/h1-2,5-6,13-14H,3-4,7-12H2,(H2,19,21). The van der Waals surface area contributed by atoms with Gasteiger partial charge in [0.05, 0.1) is 0 Å². The molecule has 0 aliphatic carbocycles. The van der Waals surface area contributed by atoms with E-state index in [9.17, 15) is 0 Å². The molecule has 0 unspecified atom stereocenters. The Morgan fingerprint density at radius 2 is 1.33 bits per heavy atom. The minimum Gasteiger partial charge on any atom is -0.399 e. The molecule has 6 heteroatoms. The Hall–Kier alpha value is -2.50. The lowest BCUT2D eigenvalue weighted by Crippen LogP contribution is -2.47. The van der Waals surface area contributed by atoms with E-state index in [0.29, 0.717) is 0 Å². The highest BCUT2D eigenvalue weighted by atomic mass is 15.3. The highest BCUT2D eigenvalue weighted by Crippen LogP contribution is 2.26. The number of nitrogens with zero attached hydrogens (tertiary/aromatic N) is 5. The lowest BCUT2D eigenvalue weighted by Gasteiger charge is -2.36. The molecule has 2 saturated heterocycles. The maximum atomic E-state index is 6.14. The maximum Gasteiger partial charge on any atom is 0.133 e. The van der Waals surface area contributed by atoms with E-state index in [1.807, 2.05) is 30.5 Å². The van der Waals surface area contributed by atoms with Gasteiger partial charge in [-0.3, -0.25) is 0 Å². The third-order valence-electron chi connectivity index (χ3n) is 4.83. The average Bonchev–Trinajstić information content (AvgIpc) is 3.17. The Morgan fingerprint density at radius 1 is 0.750 bits per heavy atom. The molecule has 2 aliphatic rings. The number of hydrogen-bond donors (Lipinski definition) is 1. The molecule has 126 valence electrons. The smallest absolute Gasteiger partial charge is 0.133 e. The van der Waals surface area contributed by atoms with Gasteiger partial charge in [0.15, 0.2) is 0 Å². The molecule has 4 heterocycles. The van der Waals surface area contributed by atoms with Crippen LogP contribution in [0.4, 0.5) is 23.1 Å². The minimum atomic E-state index is 0.800. The summed E-state index contributed by atoms with van der Waals surface area (Å²) in [5.41, 5.74) is 6.94. The Kier molecular flexibility index (Phi) is 4.11. The summed E-state index contributed by atoms with van der Waals surface area (Å²) in [6, 6.07) is 10.1. The molecule has 0 radical (unpaired) electrons. The molecule has 6 nitrogen and oxygen atoms in total. The number of nitrogens with two attached hydrogens (primary N) is 1. The molecule has 0 aromatic carbocycles. The second-order valence-corrected chi connectivity index (χ2v) is 6.47. The summed E-state index contributed by atoms with van der Waals surface area (Å²) in [7, 11) is 0. The van der Waals surface area contributed by atoms with Crippen LogP contribution in [0.2, 0.25) is 0 Å². The monoisotopic (exact) mass is 324 g/mol. The van der Waals surface area contributed by atoms with Crippen molar-refractivity contribution < 1.29 is 0 Å². The minimum absolute atomic E-state index is 0.800. The van der Waals surface area contributed by atoms with E-state index in [1.54, 1.807) is 0 Å². The SMILES string of the molecule is Nc1cc(N2CCCC2)nc(N2CCN(c3ccccn3)CC2)c1. The number of hydrogen-bond acceptors (Lipinski definition) is 6. The Bertz CT molecular complexity index is 675. The van der Waals surface area contributed by atoms with E-state index in [1.165, 1.54) is 12.8 Å². The first kappa shape index (κ1) is 15.1. The summed E-state index contributed by atoms with van der Waals surface area (Å²) in [5, 5.41) is 0. The molecule has 4 rings (SSSR count). The zero-order valence-electron chi connectivity index (χ0n) is 13.9. The summed E-state index contributed by atoms with van der Waals surface area (Å²) in [6.07, 6.45) is 4.34. The van der Waals surface area contributed by atoms with Gasteiger partial charge in [0.1, 0.15) is 17.5 Å². The topological polar surface area (TPSA) is 61.5 Å². The first-order chi connectivity index (χ1) is 11.8. The largest absolute Gasteiger partial charge is 0.399 e. The summed E-state index contributed by atoms with van der Waals surface area (Å²) < 4.78 is 0. The number of rotatable bonds is 3. The van der Waals surface area contributed by atoms with Gasteiger partial charge in [-0.15, -0.1) is 0 Å². The van der Waals surface area contributed by atoms with Crippen LogP contribution in [0.15, 0.2) is 36.5 Å². The van der Waals surface area contributed by atoms with Crippen LogP contribution in [-0.2, 0) is 0 Å². The molecule has 0 saturated carbocycles. The second kappa shape index (κ2) is 6.55. The van der Waals surface area contributed by atoms with Gasteiger partial charge < -0.3 is 20.4 Å². The molecular formula is C18H24N6. The fraction of sp³-hybridized carbons (Fsp3) is 0.444. The summed E-state index contributed by atoms with van der Waals surface area (Å²) in [4.78, 5) is 16.3. The molecule has 2 fully saturated rings. The lowest BCUT2D eigenvalue weighted by molar-refractivity contribution is 0.641. The molecule has 0 bridgehead atoms. The van der Waals surface area contributed by atoms with Crippen LogP contribution < -0.4 is 20.4 Å². The normalized spacial score (nSPS) is 18.2. The third kappa shape index (κ3) is 3.09. The van der Waals surface area contributed by atoms with Crippen LogP contribution in [0.1, 0.15) is 12.8 Å². The molecule has 0 amide bonds. The van der Waals surface area contributed by atoms with E-state index in [0.717, 1.165) is 62.4 Å². The van der Waals surface area contributed by atoms with Crippen molar-refractivity contribution in [3.8, 4) is 0 Å². The van der Waals surface area contributed by atoms with Crippen LogP contribution in [0.3, 0.4) is 0 Å². The van der Waals surface area contributed by atoms with Crippen LogP contribution in [0.5, 0.6) is 0 Å². The number of nitrogen functional groups attached to an aromatic ring is 1. The molecular weight excluding hydrogens is 300 g/mol. The Balaban J connectivity index is 1.47. The first-order valence-corrected chi connectivity index (χ1v) is 8.73. The molecule has 2 aliphatic heterocycles. The molecule has 2 aromatic rings. The summed E-state index contributed by atoms with van der Waals surface area (Å²) in [5.74, 6) is 3.07. The van der Waals surface area contributed by atoms with Crippen molar-refractivity contribution in [2.45, 2.75) is 12.8 Å². The van der Waals surface area contributed by atoms with Gasteiger partial charge in [-0.1, -0.05) is 6.07 Å². The second-order valence-electron chi connectivity index (χ2n) is 6.47. The molecule has 0 atom stereocenters. The zero-order valence-corrected chi connectivity index (χ0v) is 13.9. The van der Waals surface area contributed by atoms with Crippen molar-refractivity contribution in [2.75, 3.05) is 59.7 Å². The molecule has 2 N–H and O–H groups in total. The van der Waals surface area contributed by atoms with Gasteiger partial charge in [0.2, 0.25) is 0 Å². The van der Waals surface area contributed by atoms with Crippen LogP contribution in [0, 0.1) is 0 Å². The first-order valence-electron chi connectivity index (χ1n) is 8.73. The van der Waals surface area contributed by atoms with E-state index >= 15 is 0 Å². The average molecular weight is 324 g/mol. The van der Waals surface area contributed by atoms with Crippen molar-refractivity contribution in [2.24, 2.45) is 0 Å². The Labute approximate surface area is 142 Å². The van der Waals surface area contributed by atoms with Crippen molar-refractivity contribution in [3.63, 3.8) is 0 Å². The van der Waals surface area contributed by atoms with E-state index in [2.05, 4.69) is 25.8 Å². The predicted molar refractivity (Wildman–Crippen MR) is 98.8 cm³/mol. The quantitative estimate of drug-likeness (QED) is 0.931. The van der Waals surface area contributed by atoms with Crippen LogP contribution in [-0.4, -0.2) is 49.2 Å². The van der Waals surface area contributed by atoms with E-state index < -0.39 is 0 Å². The van der Waals surface area contributed by atoms with Crippen molar-refractivity contribution in [1.29, 1.82) is 0 Å². The number of pyridine rings is 2. The van der Waals surface area contributed by atoms with Gasteiger partial charge in [-0.05, 0) is 25.0 Å². The van der Waals surface area contributed by atoms with Gasteiger partial charge in [0.25, 0.3) is 0 Å². The number of anilines is 4. The van der Waals surface area contributed by atoms with Crippen molar-refractivity contribution >= 4 is 23.1 Å². The predicted octanol–water partition coefficient (Wildman–Crippen LogP) is 1.99. The van der Waals surface area contributed by atoms with E-state index in [-0.39, 0.29) is 0 Å². The van der Waals surface area contributed by atoms with E-state index in [4.69, 9.17) is 10.7 Å². The van der Waals surface area contributed by atoms with Gasteiger partial charge in [-0.25, -0.2) is 9.97 Å². The Morgan fingerprint density at radius 3 is 1.92 bits per heavy atom. The van der Waals surface area contributed by atoms with Gasteiger partial charge in [0, 0.05) is 63.3 Å². The van der Waals surface area contributed by atoms with Crippen molar-refractivity contribution in [1.82, 2.24) is 9.97 Å². The summed E-state index contributed by atoms with van der Waals surface area (Å²) >= 11 is 0. The lowest BCUT2D eigenvalue weighted by atomic mass is 10.2. The molecule has 0 spiro atoms. The van der Waals surface area contributed by atoms with Gasteiger partial charge in [-0.2, -0.15) is 0 Å². The molecule has 24 heavy (non-hydrogen) atoms. The fourth-order valence-electron chi connectivity index (χ4n) is 3.50.